The third-order valence-corrected chi connectivity index (χ3v) is 9.16. The predicted octanol–water partition coefficient (Wildman–Crippen LogP) is 2.41. The molecular weight excluding hydrogens is 400 g/mol. The number of fused-ring (bicyclic) bond motifs is 3. The molecule has 7 nitrogen and oxygen atoms in total. The lowest BCUT2D eigenvalue weighted by Crippen LogP contribution is -2.77. The van der Waals surface area contributed by atoms with Gasteiger partial charge in [0, 0.05) is 26.2 Å². The van der Waals surface area contributed by atoms with Crippen LogP contribution in [-0.4, -0.2) is 48.4 Å². The van der Waals surface area contributed by atoms with Crippen LogP contribution >= 0.6 is 0 Å². The first-order chi connectivity index (χ1) is 14.5. The Hall–Kier alpha value is -2.02. The summed E-state index contributed by atoms with van der Waals surface area (Å²) in [5.74, 6) is -1.93. The molecule has 4 aliphatic carbocycles. The normalized spacial score (nSPS) is 46.9. The van der Waals surface area contributed by atoms with Crippen LogP contribution < -0.4 is 0 Å². The van der Waals surface area contributed by atoms with Crippen molar-refractivity contribution in [2.75, 3.05) is 6.61 Å². The molecule has 0 radical (unpaired) electrons. The number of carbonyl (C=O) groups is 4. The van der Waals surface area contributed by atoms with Gasteiger partial charge in [0.1, 0.15) is 11.9 Å². The topological polar surface area (TPSA) is 96.0 Å². The molecule has 0 aromatic rings. The van der Waals surface area contributed by atoms with Crippen molar-refractivity contribution in [1.82, 2.24) is 0 Å². The number of carbonyl (C=O) groups excluding carboxylic acids is 4. The molecule has 8 atom stereocenters. The summed E-state index contributed by atoms with van der Waals surface area (Å²) in [6.07, 6.45) is 0.0231. The van der Waals surface area contributed by atoms with Crippen molar-refractivity contribution < 1.29 is 33.4 Å². The molecule has 0 N–H and O–H groups in total. The van der Waals surface area contributed by atoms with Gasteiger partial charge in [0.05, 0.1) is 23.5 Å². The lowest BCUT2D eigenvalue weighted by Gasteiger charge is -2.68. The number of ketones is 2. The standard InChI is InChI=1S/C24H30O7/c1-11-14-6-7-15-23(9-14,21(11)31-13(3)26)20(28)18(30-12(2)25)19-22(4,5)17-8-16(27)24(15,19)10-29-17/h14-15,17-19,21H,1,6-10H2,2-5H3. The maximum absolute atomic E-state index is 14.3. The quantitative estimate of drug-likeness (QED) is 0.490. The first-order valence-corrected chi connectivity index (χ1v) is 11.2. The minimum atomic E-state index is -1.11. The van der Waals surface area contributed by atoms with Crippen molar-refractivity contribution in [2.24, 2.45) is 34.0 Å². The van der Waals surface area contributed by atoms with Crippen LogP contribution in [0.25, 0.3) is 0 Å². The highest BCUT2D eigenvalue weighted by atomic mass is 16.6. The Balaban J connectivity index is 1.76. The first kappa shape index (κ1) is 20.9. The molecule has 2 aliphatic heterocycles. The van der Waals surface area contributed by atoms with E-state index >= 15 is 0 Å². The Bertz CT molecular complexity index is 919. The van der Waals surface area contributed by atoms with Crippen LogP contribution in [0.15, 0.2) is 12.2 Å². The van der Waals surface area contributed by atoms with Crippen molar-refractivity contribution in [3.63, 3.8) is 0 Å². The minimum Gasteiger partial charge on any atom is -0.457 e. The summed E-state index contributed by atoms with van der Waals surface area (Å²) in [5, 5.41) is 0. The van der Waals surface area contributed by atoms with Crippen LogP contribution in [0.1, 0.15) is 53.4 Å². The summed E-state index contributed by atoms with van der Waals surface area (Å²) in [5.41, 5.74) is -1.84. The molecule has 0 aromatic carbocycles. The van der Waals surface area contributed by atoms with Crippen molar-refractivity contribution in [3.8, 4) is 0 Å². The average molecular weight is 430 g/mol. The fourth-order valence-electron chi connectivity index (χ4n) is 8.12. The van der Waals surface area contributed by atoms with Crippen molar-refractivity contribution in [1.29, 1.82) is 0 Å². The van der Waals surface area contributed by atoms with E-state index in [1.165, 1.54) is 13.8 Å². The first-order valence-electron chi connectivity index (χ1n) is 11.2. The van der Waals surface area contributed by atoms with Gasteiger partial charge in [0.25, 0.3) is 0 Å². The molecule has 4 saturated carbocycles. The fourth-order valence-corrected chi connectivity index (χ4v) is 8.12. The molecule has 2 saturated heterocycles. The summed E-state index contributed by atoms with van der Waals surface area (Å²) >= 11 is 0. The Morgan fingerprint density at radius 1 is 1.06 bits per heavy atom. The molecule has 168 valence electrons. The molecule has 2 heterocycles. The average Bonchev–Trinajstić information content (AvgIpc) is 2.88. The van der Waals surface area contributed by atoms with E-state index in [9.17, 15) is 19.2 Å². The summed E-state index contributed by atoms with van der Waals surface area (Å²) in [6, 6.07) is 0. The van der Waals surface area contributed by atoms with E-state index in [4.69, 9.17) is 14.2 Å². The molecule has 0 aromatic heterocycles. The third-order valence-electron chi connectivity index (χ3n) is 9.16. The zero-order chi connectivity index (χ0) is 22.5. The highest BCUT2D eigenvalue weighted by Gasteiger charge is 2.80. The highest BCUT2D eigenvalue weighted by molar-refractivity contribution is 5.99. The Morgan fingerprint density at radius 3 is 2.35 bits per heavy atom. The lowest BCUT2D eigenvalue weighted by atomic mass is 9.37. The summed E-state index contributed by atoms with van der Waals surface area (Å²) < 4.78 is 17.7. The van der Waals surface area contributed by atoms with Crippen molar-refractivity contribution in [3.05, 3.63) is 12.2 Å². The van der Waals surface area contributed by atoms with Crippen LogP contribution in [0.2, 0.25) is 0 Å². The molecular formula is C24H30O7. The van der Waals surface area contributed by atoms with Crippen LogP contribution in [0, 0.1) is 34.0 Å². The third kappa shape index (κ3) is 2.33. The van der Waals surface area contributed by atoms with Gasteiger partial charge in [-0.1, -0.05) is 20.4 Å². The van der Waals surface area contributed by atoms with Gasteiger partial charge in [-0.25, -0.2) is 0 Å². The molecule has 7 heteroatoms. The summed E-state index contributed by atoms with van der Waals surface area (Å²) in [7, 11) is 0. The lowest BCUT2D eigenvalue weighted by molar-refractivity contribution is -0.277. The van der Waals surface area contributed by atoms with E-state index < -0.39 is 46.3 Å². The molecule has 4 bridgehead atoms. The maximum atomic E-state index is 14.3. The van der Waals surface area contributed by atoms with Gasteiger partial charge in [0.2, 0.25) is 0 Å². The molecule has 31 heavy (non-hydrogen) atoms. The smallest absolute Gasteiger partial charge is 0.303 e. The van der Waals surface area contributed by atoms with Gasteiger partial charge in [-0.15, -0.1) is 0 Å². The number of hydrogen-bond acceptors (Lipinski definition) is 7. The van der Waals surface area contributed by atoms with E-state index in [2.05, 4.69) is 6.58 Å². The Labute approximate surface area is 181 Å². The van der Waals surface area contributed by atoms with Gasteiger partial charge >= 0.3 is 11.9 Å². The number of esters is 2. The molecule has 8 unspecified atom stereocenters. The van der Waals surface area contributed by atoms with Crippen molar-refractivity contribution >= 4 is 23.5 Å². The summed E-state index contributed by atoms with van der Waals surface area (Å²) in [6.45, 7) is 11.0. The summed E-state index contributed by atoms with van der Waals surface area (Å²) in [4.78, 5) is 52.1. The van der Waals surface area contributed by atoms with E-state index in [0.717, 1.165) is 12.0 Å². The second kappa shape index (κ2) is 6.27. The molecule has 6 aliphatic rings. The van der Waals surface area contributed by atoms with Gasteiger partial charge in [-0.3, -0.25) is 19.2 Å². The van der Waals surface area contributed by atoms with Gasteiger partial charge in [-0.05, 0) is 42.1 Å². The molecule has 0 amide bonds. The maximum Gasteiger partial charge on any atom is 0.303 e. The predicted molar refractivity (Wildman–Crippen MR) is 108 cm³/mol. The Morgan fingerprint density at radius 2 is 1.74 bits per heavy atom. The zero-order valence-electron chi connectivity index (χ0n) is 18.6. The zero-order valence-corrected chi connectivity index (χ0v) is 18.6. The molecule has 6 fully saturated rings. The molecule has 6 rings (SSSR count). The van der Waals surface area contributed by atoms with E-state index in [1.54, 1.807) is 0 Å². The van der Waals surface area contributed by atoms with E-state index in [-0.39, 0.29) is 36.1 Å². The minimum absolute atomic E-state index is 0.0411. The van der Waals surface area contributed by atoms with Gasteiger partial charge in [-0.2, -0.15) is 0 Å². The largest absolute Gasteiger partial charge is 0.457 e. The van der Waals surface area contributed by atoms with Crippen molar-refractivity contribution in [2.45, 2.75) is 71.7 Å². The number of rotatable bonds is 2. The van der Waals surface area contributed by atoms with E-state index in [0.29, 0.717) is 19.3 Å². The second-order valence-corrected chi connectivity index (χ2v) is 10.8. The Kier molecular flexibility index (Phi) is 4.22. The number of hydrogen-bond donors (Lipinski definition) is 0. The van der Waals surface area contributed by atoms with Gasteiger partial charge in [0.15, 0.2) is 11.9 Å². The van der Waals surface area contributed by atoms with Crippen LogP contribution in [-0.2, 0) is 33.4 Å². The molecule has 2 spiro atoms. The second-order valence-electron chi connectivity index (χ2n) is 10.8. The SMILES string of the molecule is C=C1C2CCC3C(C2)(C(=O)C(OC(C)=O)C2C(C)(C)C4CC(=O)C23CO4)C1OC(C)=O. The van der Waals surface area contributed by atoms with Crippen LogP contribution in [0.4, 0.5) is 0 Å². The van der Waals surface area contributed by atoms with Gasteiger partial charge < -0.3 is 14.2 Å². The van der Waals surface area contributed by atoms with E-state index in [1.807, 2.05) is 13.8 Å². The monoisotopic (exact) mass is 430 g/mol. The van der Waals surface area contributed by atoms with Crippen LogP contribution in [0.5, 0.6) is 0 Å². The highest BCUT2D eigenvalue weighted by Crippen LogP contribution is 2.72. The van der Waals surface area contributed by atoms with Crippen LogP contribution in [0.3, 0.4) is 0 Å². The number of ether oxygens (including phenoxy) is 3. The number of Topliss-reactive ketones (excluding diaryl/α,β-unsaturated/α-hetero) is 2. The fraction of sp³-hybridized carbons (Fsp3) is 0.750.